The SMILES string of the molecule is c1ccc(-c2ccc(C3=NC(c4ccc5c(c4)oc4cc(-c6cccc7sc8ccccc8c67)ccc45)=NC(c4ccccc4)N3)cc2)cc1. The van der Waals surface area contributed by atoms with Crippen LogP contribution in [0.4, 0.5) is 0 Å². The Morgan fingerprint density at radius 1 is 0.500 bits per heavy atom. The van der Waals surface area contributed by atoms with Gasteiger partial charge in [-0.25, -0.2) is 9.98 Å². The van der Waals surface area contributed by atoms with Crippen LogP contribution in [0, 0.1) is 0 Å². The third-order valence-corrected chi connectivity index (χ3v) is 10.7. The lowest BCUT2D eigenvalue weighted by Gasteiger charge is -2.23. The van der Waals surface area contributed by atoms with Gasteiger partial charge in [0.05, 0.1) is 0 Å². The van der Waals surface area contributed by atoms with Crippen molar-refractivity contribution in [2.24, 2.45) is 9.98 Å². The van der Waals surface area contributed by atoms with E-state index in [1.807, 2.05) is 35.6 Å². The van der Waals surface area contributed by atoms with Gasteiger partial charge in [-0.2, -0.15) is 0 Å². The third-order valence-electron chi connectivity index (χ3n) is 9.57. The van der Waals surface area contributed by atoms with Crippen LogP contribution in [0.2, 0.25) is 0 Å². The van der Waals surface area contributed by atoms with Gasteiger partial charge in [-0.15, -0.1) is 11.3 Å². The Morgan fingerprint density at radius 2 is 1.12 bits per heavy atom. The Labute approximate surface area is 292 Å². The molecule has 7 aromatic carbocycles. The third kappa shape index (κ3) is 4.90. The van der Waals surface area contributed by atoms with Gasteiger partial charge in [0.25, 0.3) is 0 Å². The topological polar surface area (TPSA) is 49.9 Å². The molecule has 236 valence electrons. The molecular weight excluding hydrogens is 631 g/mol. The highest BCUT2D eigenvalue weighted by atomic mass is 32.1. The summed E-state index contributed by atoms with van der Waals surface area (Å²) in [5.74, 6) is 1.45. The van der Waals surface area contributed by atoms with E-state index in [0.717, 1.165) is 55.6 Å². The first-order chi connectivity index (χ1) is 24.7. The van der Waals surface area contributed by atoms with Crippen molar-refractivity contribution in [3.63, 3.8) is 0 Å². The Morgan fingerprint density at radius 3 is 1.92 bits per heavy atom. The Hall–Kier alpha value is -6.30. The lowest BCUT2D eigenvalue weighted by molar-refractivity contribution is 0.667. The van der Waals surface area contributed by atoms with E-state index < -0.39 is 0 Å². The van der Waals surface area contributed by atoms with Crippen LogP contribution in [0.1, 0.15) is 22.9 Å². The lowest BCUT2D eigenvalue weighted by Crippen LogP contribution is -2.33. The van der Waals surface area contributed by atoms with Crippen molar-refractivity contribution in [2.45, 2.75) is 6.17 Å². The van der Waals surface area contributed by atoms with E-state index in [1.165, 1.54) is 31.3 Å². The number of hydrogen-bond acceptors (Lipinski definition) is 5. The van der Waals surface area contributed by atoms with Crippen LogP contribution in [0.25, 0.3) is 64.4 Å². The summed E-state index contributed by atoms with van der Waals surface area (Å²) in [6.07, 6.45) is -0.280. The largest absolute Gasteiger partial charge is 0.456 e. The predicted octanol–water partition coefficient (Wildman–Crippen LogP) is 11.8. The van der Waals surface area contributed by atoms with Crippen molar-refractivity contribution in [2.75, 3.05) is 0 Å². The van der Waals surface area contributed by atoms with Gasteiger partial charge >= 0.3 is 0 Å². The van der Waals surface area contributed by atoms with Crippen molar-refractivity contribution in [1.29, 1.82) is 0 Å². The van der Waals surface area contributed by atoms with Crippen LogP contribution in [0.3, 0.4) is 0 Å². The molecular formula is C45H29N3OS. The van der Waals surface area contributed by atoms with Crippen LogP contribution < -0.4 is 5.32 Å². The summed E-state index contributed by atoms with van der Waals surface area (Å²) in [4.78, 5) is 10.2. The minimum absolute atomic E-state index is 0.280. The smallest absolute Gasteiger partial charge is 0.159 e. The number of nitrogens with zero attached hydrogens (tertiary/aromatic N) is 2. The molecule has 0 aliphatic carbocycles. The van der Waals surface area contributed by atoms with Gasteiger partial charge in [-0.1, -0.05) is 127 Å². The Balaban J connectivity index is 1.05. The van der Waals surface area contributed by atoms with Crippen molar-refractivity contribution in [1.82, 2.24) is 5.32 Å². The molecule has 0 amide bonds. The fourth-order valence-electron chi connectivity index (χ4n) is 7.08. The first-order valence-corrected chi connectivity index (χ1v) is 17.6. The first kappa shape index (κ1) is 28.7. The van der Waals surface area contributed by atoms with E-state index >= 15 is 0 Å². The maximum Gasteiger partial charge on any atom is 0.159 e. The molecule has 0 spiro atoms. The number of rotatable bonds is 5. The minimum Gasteiger partial charge on any atom is -0.456 e. The van der Waals surface area contributed by atoms with Crippen molar-refractivity contribution >= 4 is 65.1 Å². The van der Waals surface area contributed by atoms with Gasteiger partial charge in [0.1, 0.15) is 23.2 Å². The quantitative estimate of drug-likeness (QED) is 0.200. The van der Waals surface area contributed by atoms with Crippen LogP contribution >= 0.6 is 11.3 Å². The number of nitrogens with one attached hydrogen (secondary N) is 1. The number of furan rings is 1. The van der Waals surface area contributed by atoms with Crippen LogP contribution in [-0.4, -0.2) is 11.7 Å². The summed E-state index contributed by atoms with van der Waals surface area (Å²) in [5.41, 5.74) is 9.38. The first-order valence-electron chi connectivity index (χ1n) is 16.8. The van der Waals surface area contributed by atoms with E-state index in [1.54, 1.807) is 0 Å². The van der Waals surface area contributed by atoms with E-state index in [4.69, 9.17) is 14.4 Å². The fourth-order valence-corrected chi connectivity index (χ4v) is 8.21. The second kappa shape index (κ2) is 11.7. The number of fused-ring (bicyclic) bond motifs is 6. The molecule has 9 aromatic rings. The normalized spacial score (nSPS) is 14.6. The zero-order valence-electron chi connectivity index (χ0n) is 26.9. The zero-order valence-corrected chi connectivity index (χ0v) is 27.7. The van der Waals surface area contributed by atoms with Crippen molar-refractivity contribution in [3.05, 3.63) is 180 Å². The van der Waals surface area contributed by atoms with Crippen LogP contribution in [0.15, 0.2) is 178 Å². The van der Waals surface area contributed by atoms with E-state index in [-0.39, 0.29) is 6.17 Å². The van der Waals surface area contributed by atoms with Crippen molar-refractivity contribution < 1.29 is 4.42 Å². The summed E-state index contributed by atoms with van der Waals surface area (Å²) in [6.45, 7) is 0. The van der Waals surface area contributed by atoms with E-state index in [0.29, 0.717) is 5.84 Å². The summed E-state index contributed by atoms with van der Waals surface area (Å²) >= 11 is 1.84. The number of aliphatic imine (C=N–C) groups is 2. The summed E-state index contributed by atoms with van der Waals surface area (Å²) in [6, 6.07) is 57.4. The summed E-state index contributed by atoms with van der Waals surface area (Å²) < 4.78 is 9.19. The summed E-state index contributed by atoms with van der Waals surface area (Å²) in [7, 11) is 0. The molecule has 1 unspecified atom stereocenters. The molecule has 1 atom stereocenters. The summed E-state index contributed by atoms with van der Waals surface area (Å²) in [5, 5.41) is 8.34. The standard InChI is InChI=1S/C45H29N3OS/c1-3-10-28(11-4-1)29-18-20-31(21-19-29)44-46-43(30-12-5-2-6-13-30)47-45(48-44)33-23-25-36-35-24-22-32(26-38(35)49-39(36)27-33)34-15-9-17-41-42(34)37-14-7-8-16-40(37)50-41/h1-27,43H,(H,46,47,48). The second-order valence-electron chi connectivity index (χ2n) is 12.6. The molecule has 0 fully saturated rings. The molecule has 0 saturated carbocycles. The molecule has 5 heteroatoms. The molecule has 4 nitrogen and oxygen atoms in total. The number of thiophene rings is 1. The molecule has 3 heterocycles. The highest BCUT2D eigenvalue weighted by molar-refractivity contribution is 7.25. The average Bonchev–Trinajstić information content (AvgIpc) is 3.76. The van der Waals surface area contributed by atoms with Crippen LogP contribution in [0.5, 0.6) is 0 Å². The van der Waals surface area contributed by atoms with Gasteiger partial charge in [-0.05, 0) is 64.2 Å². The molecule has 0 radical (unpaired) electrons. The van der Waals surface area contributed by atoms with Crippen LogP contribution in [-0.2, 0) is 0 Å². The van der Waals surface area contributed by atoms with Gasteiger partial charge in [0, 0.05) is 42.1 Å². The zero-order chi connectivity index (χ0) is 33.0. The minimum atomic E-state index is -0.280. The van der Waals surface area contributed by atoms with Gasteiger partial charge in [-0.3, -0.25) is 0 Å². The number of benzene rings is 7. The second-order valence-corrected chi connectivity index (χ2v) is 13.7. The highest BCUT2D eigenvalue weighted by Gasteiger charge is 2.22. The molecule has 10 rings (SSSR count). The lowest BCUT2D eigenvalue weighted by atomic mass is 9.98. The average molecular weight is 660 g/mol. The molecule has 1 aliphatic rings. The monoisotopic (exact) mass is 659 g/mol. The van der Waals surface area contributed by atoms with Gasteiger partial charge < -0.3 is 9.73 Å². The Kier molecular flexibility index (Phi) is 6.71. The highest BCUT2D eigenvalue weighted by Crippen LogP contribution is 2.41. The predicted molar refractivity (Wildman–Crippen MR) is 209 cm³/mol. The van der Waals surface area contributed by atoms with E-state index in [9.17, 15) is 0 Å². The van der Waals surface area contributed by atoms with Gasteiger partial charge in [0.15, 0.2) is 5.84 Å². The maximum absolute atomic E-state index is 6.59. The molecule has 0 bridgehead atoms. The molecule has 50 heavy (non-hydrogen) atoms. The molecule has 1 N–H and O–H groups in total. The Bertz CT molecular complexity index is 2780. The molecule has 1 aliphatic heterocycles. The number of hydrogen-bond donors (Lipinski definition) is 1. The van der Waals surface area contributed by atoms with E-state index in [2.05, 4.69) is 145 Å². The molecule has 2 aromatic heterocycles. The fraction of sp³-hybridized carbons (Fsp3) is 0.0222. The maximum atomic E-state index is 6.59. The van der Waals surface area contributed by atoms with Gasteiger partial charge in [0.2, 0.25) is 0 Å². The number of amidine groups is 2. The molecule has 0 saturated heterocycles. The van der Waals surface area contributed by atoms with Crippen molar-refractivity contribution in [3.8, 4) is 22.3 Å².